The van der Waals surface area contributed by atoms with E-state index in [9.17, 15) is 9.59 Å². The van der Waals surface area contributed by atoms with E-state index in [-0.39, 0.29) is 23.9 Å². The lowest BCUT2D eigenvalue weighted by atomic mass is 9.94. The number of para-hydroxylation sites is 1. The number of amides is 3. The number of urea groups is 1. The fourth-order valence-electron chi connectivity index (χ4n) is 2.90. The fraction of sp³-hybridized carbons (Fsp3) is 0.556. The van der Waals surface area contributed by atoms with Crippen LogP contribution in [-0.2, 0) is 4.79 Å². The lowest BCUT2D eigenvalue weighted by Gasteiger charge is -2.27. The highest BCUT2D eigenvalue weighted by molar-refractivity contribution is 5.93. The third-order valence-corrected chi connectivity index (χ3v) is 4.22. The quantitative estimate of drug-likeness (QED) is 0.780. The molecule has 3 N–H and O–H groups in total. The molecule has 0 aromatic heterocycles. The van der Waals surface area contributed by atoms with E-state index in [0.717, 1.165) is 12.8 Å². The molecule has 1 atom stereocenters. The highest BCUT2D eigenvalue weighted by Gasteiger charge is 2.26. The summed E-state index contributed by atoms with van der Waals surface area (Å²) in [5.41, 5.74) is 0.709. The van der Waals surface area contributed by atoms with E-state index >= 15 is 0 Å². The zero-order chi connectivity index (χ0) is 16.7. The molecule has 0 radical (unpaired) electrons. The van der Waals surface area contributed by atoms with E-state index in [1.807, 2.05) is 44.2 Å². The summed E-state index contributed by atoms with van der Waals surface area (Å²) in [7, 11) is 0. The molecular formula is C18H27N3O2. The largest absolute Gasteiger partial charge is 0.352 e. The molecule has 1 saturated carbocycles. The van der Waals surface area contributed by atoms with Gasteiger partial charge in [-0.25, -0.2) is 4.79 Å². The predicted molar refractivity (Wildman–Crippen MR) is 92.2 cm³/mol. The molecular weight excluding hydrogens is 290 g/mol. The molecule has 0 saturated heterocycles. The number of carbonyl (C=O) groups excluding carboxylic acids is 2. The van der Waals surface area contributed by atoms with Gasteiger partial charge in [-0.1, -0.05) is 51.3 Å². The summed E-state index contributed by atoms with van der Waals surface area (Å²) in [6.07, 6.45) is 5.65. The molecule has 1 aromatic rings. The number of nitrogens with one attached hydrogen (secondary N) is 3. The van der Waals surface area contributed by atoms with Gasteiger partial charge in [-0.2, -0.15) is 0 Å². The molecule has 0 aliphatic heterocycles. The molecule has 1 aromatic carbocycles. The van der Waals surface area contributed by atoms with Crippen LogP contribution in [0.5, 0.6) is 0 Å². The summed E-state index contributed by atoms with van der Waals surface area (Å²) in [6.45, 7) is 3.88. The Morgan fingerprint density at radius 3 is 2.30 bits per heavy atom. The molecule has 5 heteroatoms. The van der Waals surface area contributed by atoms with Crippen molar-refractivity contribution in [3.05, 3.63) is 30.3 Å². The Bertz CT molecular complexity index is 510. The number of anilines is 1. The van der Waals surface area contributed by atoms with Gasteiger partial charge in [-0.3, -0.25) is 4.79 Å². The zero-order valence-corrected chi connectivity index (χ0v) is 14.0. The van der Waals surface area contributed by atoms with Gasteiger partial charge in [0.05, 0.1) is 0 Å². The van der Waals surface area contributed by atoms with Crippen LogP contribution in [0.2, 0.25) is 0 Å². The van der Waals surface area contributed by atoms with Gasteiger partial charge in [0.15, 0.2) is 0 Å². The Hall–Kier alpha value is -2.04. The van der Waals surface area contributed by atoms with Crippen molar-refractivity contribution in [1.29, 1.82) is 0 Å². The van der Waals surface area contributed by atoms with Crippen molar-refractivity contribution in [3.8, 4) is 0 Å². The minimum atomic E-state index is -0.527. The maximum atomic E-state index is 12.5. The Kier molecular flexibility index (Phi) is 6.44. The minimum absolute atomic E-state index is 0.0279. The first-order valence-corrected chi connectivity index (χ1v) is 8.49. The first-order chi connectivity index (χ1) is 11.1. The molecule has 1 fully saturated rings. The fourth-order valence-corrected chi connectivity index (χ4v) is 2.90. The van der Waals surface area contributed by atoms with E-state index in [2.05, 4.69) is 16.0 Å². The first kappa shape index (κ1) is 17.3. The van der Waals surface area contributed by atoms with Crippen molar-refractivity contribution in [2.45, 2.75) is 58.0 Å². The molecule has 126 valence electrons. The van der Waals surface area contributed by atoms with Crippen LogP contribution in [0.3, 0.4) is 0 Å². The Balaban J connectivity index is 1.89. The van der Waals surface area contributed by atoms with Crippen molar-refractivity contribution in [1.82, 2.24) is 10.6 Å². The molecule has 3 amide bonds. The van der Waals surface area contributed by atoms with Gasteiger partial charge in [0, 0.05) is 11.7 Å². The molecule has 1 aliphatic carbocycles. The Morgan fingerprint density at radius 2 is 1.70 bits per heavy atom. The van der Waals surface area contributed by atoms with Crippen molar-refractivity contribution in [2.75, 3.05) is 5.32 Å². The van der Waals surface area contributed by atoms with E-state index in [0.29, 0.717) is 5.69 Å². The van der Waals surface area contributed by atoms with Crippen LogP contribution < -0.4 is 16.0 Å². The second-order valence-electron chi connectivity index (χ2n) is 6.53. The summed E-state index contributed by atoms with van der Waals surface area (Å²) < 4.78 is 0. The SMILES string of the molecule is CC(C)C(NC(=O)Nc1ccccc1)C(=O)NC1CCCCC1. The molecule has 2 rings (SSSR count). The maximum Gasteiger partial charge on any atom is 0.319 e. The van der Waals surface area contributed by atoms with Crippen LogP contribution in [0.15, 0.2) is 30.3 Å². The maximum absolute atomic E-state index is 12.5. The number of carbonyl (C=O) groups is 2. The molecule has 0 spiro atoms. The standard InChI is InChI=1S/C18H27N3O2/c1-13(2)16(17(22)19-14-9-5-3-6-10-14)21-18(23)20-15-11-7-4-8-12-15/h4,7-8,11-14,16H,3,5-6,9-10H2,1-2H3,(H,19,22)(H2,20,21,23). The lowest BCUT2D eigenvalue weighted by Crippen LogP contribution is -2.53. The lowest BCUT2D eigenvalue weighted by molar-refractivity contribution is -0.124. The monoisotopic (exact) mass is 317 g/mol. The molecule has 0 heterocycles. The summed E-state index contributed by atoms with van der Waals surface area (Å²) in [6, 6.07) is 8.58. The summed E-state index contributed by atoms with van der Waals surface area (Å²) in [4.78, 5) is 24.6. The van der Waals surface area contributed by atoms with Crippen LogP contribution >= 0.6 is 0 Å². The number of hydrogen-bond acceptors (Lipinski definition) is 2. The second kappa shape index (κ2) is 8.56. The summed E-state index contributed by atoms with van der Waals surface area (Å²) >= 11 is 0. The first-order valence-electron chi connectivity index (χ1n) is 8.49. The number of rotatable bonds is 5. The highest BCUT2D eigenvalue weighted by atomic mass is 16.2. The van der Waals surface area contributed by atoms with Gasteiger partial charge in [-0.05, 0) is 30.9 Å². The van der Waals surface area contributed by atoms with E-state index in [4.69, 9.17) is 0 Å². The van der Waals surface area contributed by atoms with Crippen LogP contribution in [0, 0.1) is 5.92 Å². The predicted octanol–water partition coefficient (Wildman–Crippen LogP) is 3.28. The second-order valence-corrected chi connectivity index (χ2v) is 6.53. The Labute approximate surface area is 138 Å². The van der Waals surface area contributed by atoms with Crippen molar-refractivity contribution < 1.29 is 9.59 Å². The van der Waals surface area contributed by atoms with Gasteiger partial charge in [-0.15, -0.1) is 0 Å². The van der Waals surface area contributed by atoms with Gasteiger partial charge in [0.2, 0.25) is 5.91 Å². The van der Waals surface area contributed by atoms with E-state index in [1.165, 1.54) is 19.3 Å². The van der Waals surface area contributed by atoms with Crippen molar-refractivity contribution >= 4 is 17.6 Å². The topological polar surface area (TPSA) is 70.2 Å². The van der Waals surface area contributed by atoms with Crippen LogP contribution in [0.1, 0.15) is 46.0 Å². The van der Waals surface area contributed by atoms with E-state index in [1.54, 1.807) is 0 Å². The smallest absolute Gasteiger partial charge is 0.319 e. The molecule has 0 bridgehead atoms. The van der Waals surface area contributed by atoms with Gasteiger partial charge in [0.1, 0.15) is 6.04 Å². The molecule has 1 aliphatic rings. The van der Waals surface area contributed by atoms with Gasteiger partial charge >= 0.3 is 6.03 Å². The molecule has 1 unspecified atom stereocenters. The molecule has 23 heavy (non-hydrogen) atoms. The molecule has 5 nitrogen and oxygen atoms in total. The average molecular weight is 317 g/mol. The zero-order valence-electron chi connectivity index (χ0n) is 14.0. The highest BCUT2D eigenvalue weighted by Crippen LogP contribution is 2.18. The van der Waals surface area contributed by atoms with Crippen LogP contribution in [0.4, 0.5) is 10.5 Å². The van der Waals surface area contributed by atoms with Crippen molar-refractivity contribution in [3.63, 3.8) is 0 Å². The third kappa shape index (κ3) is 5.58. The normalized spacial score (nSPS) is 16.7. The van der Waals surface area contributed by atoms with E-state index < -0.39 is 6.04 Å². The minimum Gasteiger partial charge on any atom is -0.352 e. The van der Waals surface area contributed by atoms with Gasteiger partial charge < -0.3 is 16.0 Å². The van der Waals surface area contributed by atoms with Gasteiger partial charge in [0.25, 0.3) is 0 Å². The van der Waals surface area contributed by atoms with Crippen molar-refractivity contribution in [2.24, 2.45) is 5.92 Å². The summed E-state index contributed by atoms with van der Waals surface area (Å²) in [5.74, 6) is -0.0600. The summed E-state index contributed by atoms with van der Waals surface area (Å²) in [5, 5.41) is 8.64. The Morgan fingerprint density at radius 1 is 1.04 bits per heavy atom. The number of hydrogen-bond donors (Lipinski definition) is 3. The van der Waals surface area contributed by atoms with Crippen LogP contribution in [-0.4, -0.2) is 24.0 Å². The average Bonchev–Trinajstić information content (AvgIpc) is 2.54. The van der Waals surface area contributed by atoms with Crippen LogP contribution in [0.25, 0.3) is 0 Å². The number of benzene rings is 1. The third-order valence-electron chi connectivity index (χ3n) is 4.22.